The van der Waals surface area contributed by atoms with Gasteiger partial charge in [-0.15, -0.1) is 11.6 Å². The highest BCUT2D eigenvalue weighted by Gasteiger charge is 2.21. The lowest BCUT2D eigenvalue weighted by Gasteiger charge is -2.24. The number of hydrogen-bond donors (Lipinski definition) is 0. The Labute approximate surface area is 71.0 Å². The van der Waals surface area contributed by atoms with Crippen molar-refractivity contribution in [1.82, 2.24) is 0 Å². The Balaban J connectivity index is 3.52. The molecule has 1 atom stereocenters. The highest BCUT2D eigenvalue weighted by molar-refractivity contribution is 6.77. The lowest BCUT2D eigenvalue weighted by molar-refractivity contribution is 0.793. The molecule has 0 aromatic carbocycles. The van der Waals surface area contributed by atoms with Gasteiger partial charge >= 0.3 is 0 Å². The molecule has 0 N–H and O–H groups in total. The second kappa shape index (κ2) is 4.40. The molecule has 2 heteroatoms. The van der Waals surface area contributed by atoms with Crippen LogP contribution in [0.5, 0.6) is 0 Å². The van der Waals surface area contributed by atoms with Crippen LogP contribution in [0.15, 0.2) is 0 Å². The summed E-state index contributed by atoms with van der Waals surface area (Å²) in [5, 5.41) is 0. The molecule has 0 aromatic rings. The van der Waals surface area contributed by atoms with Gasteiger partial charge in [0.1, 0.15) is 0 Å². The Morgan fingerprint density at radius 2 is 1.90 bits per heavy atom. The minimum atomic E-state index is -0.968. The van der Waals surface area contributed by atoms with E-state index in [1.807, 2.05) is 0 Å². The molecular formula is C8H18ClSi. The van der Waals surface area contributed by atoms with Crippen molar-refractivity contribution in [2.45, 2.75) is 38.0 Å². The van der Waals surface area contributed by atoms with Gasteiger partial charge in [-0.25, -0.2) is 0 Å². The van der Waals surface area contributed by atoms with Crippen LogP contribution in [0.2, 0.25) is 25.2 Å². The molecule has 0 aliphatic carbocycles. The Morgan fingerprint density at radius 3 is 2.20 bits per heavy atom. The summed E-state index contributed by atoms with van der Waals surface area (Å²) in [4.78, 5) is 0. The van der Waals surface area contributed by atoms with E-state index in [9.17, 15) is 0 Å². The highest BCUT2D eigenvalue weighted by Crippen LogP contribution is 2.25. The number of alkyl halides is 1. The second-order valence-electron chi connectivity index (χ2n) is 3.89. The average Bonchev–Trinajstić information content (AvgIpc) is 1.80. The highest BCUT2D eigenvalue weighted by atomic mass is 35.5. The van der Waals surface area contributed by atoms with Crippen molar-refractivity contribution >= 4 is 19.7 Å². The molecule has 0 spiro atoms. The predicted octanol–water partition coefficient (Wildman–Crippen LogP) is 3.55. The quantitative estimate of drug-likeness (QED) is 0.455. The fourth-order valence-corrected chi connectivity index (χ4v) is 1.98. The van der Waals surface area contributed by atoms with Gasteiger partial charge in [-0.2, -0.15) is 0 Å². The maximum absolute atomic E-state index is 5.58. The first kappa shape index (κ1) is 10.5. The molecule has 0 amide bonds. The average molecular weight is 178 g/mol. The van der Waals surface area contributed by atoms with Crippen LogP contribution >= 0.6 is 11.6 Å². The molecule has 0 aliphatic heterocycles. The third-order valence-electron chi connectivity index (χ3n) is 1.91. The molecule has 0 nitrogen and oxygen atoms in total. The van der Waals surface area contributed by atoms with E-state index >= 15 is 0 Å². The Morgan fingerprint density at radius 1 is 1.40 bits per heavy atom. The van der Waals surface area contributed by atoms with Crippen LogP contribution in [-0.4, -0.2) is 14.0 Å². The summed E-state index contributed by atoms with van der Waals surface area (Å²) in [7, 11) is -0.968. The third kappa shape index (κ3) is 4.34. The van der Waals surface area contributed by atoms with Gasteiger partial charge < -0.3 is 0 Å². The zero-order valence-corrected chi connectivity index (χ0v) is 9.04. The van der Waals surface area contributed by atoms with E-state index in [1.54, 1.807) is 0 Å². The fraction of sp³-hybridized carbons (Fsp3) is 0.875. The van der Waals surface area contributed by atoms with E-state index in [4.69, 9.17) is 11.6 Å². The fourth-order valence-electron chi connectivity index (χ4n) is 0.757. The first-order valence-electron chi connectivity index (χ1n) is 3.87. The first-order valence-corrected chi connectivity index (χ1v) is 7.98. The molecule has 0 saturated carbocycles. The predicted molar refractivity (Wildman–Crippen MR) is 52.4 cm³/mol. The maximum Gasteiger partial charge on any atom is 0.0473 e. The molecule has 0 bridgehead atoms. The van der Waals surface area contributed by atoms with Gasteiger partial charge in [-0.1, -0.05) is 33.0 Å². The monoisotopic (exact) mass is 177 g/mol. The summed E-state index contributed by atoms with van der Waals surface area (Å²) in [6.45, 7) is 11.2. The lowest BCUT2D eigenvalue weighted by atomic mass is 10.3. The van der Waals surface area contributed by atoms with Crippen LogP contribution in [0.4, 0.5) is 0 Å². The van der Waals surface area contributed by atoms with Gasteiger partial charge in [0.2, 0.25) is 0 Å². The SMILES string of the molecule is [CH2]C(CCCCl)[Si](C)(C)C. The van der Waals surface area contributed by atoms with Crippen molar-refractivity contribution in [3.05, 3.63) is 6.92 Å². The zero-order valence-electron chi connectivity index (χ0n) is 7.28. The molecule has 0 fully saturated rings. The molecular weight excluding hydrogens is 160 g/mol. The summed E-state index contributed by atoms with van der Waals surface area (Å²) >= 11 is 5.58. The molecule has 61 valence electrons. The molecule has 0 rings (SSSR count). The van der Waals surface area contributed by atoms with Gasteiger partial charge in [0.05, 0.1) is 0 Å². The summed E-state index contributed by atoms with van der Waals surface area (Å²) in [5.74, 6) is 0.788. The molecule has 0 saturated heterocycles. The van der Waals surface area contributed by atoms with Crippen molar-refractivity contribution < 1.29 is 0 Å². The van der Waals surface area contributed by atoms with E-state index in [1.165, 1.54) is 6.42 Å². The van der Waals surface area contributed by atoms with Crippen LogP contribution in [0, 0.1) is 6.92 Å². The molecule has 0 aliphatic rings. The van der Waals surface area contributed by atoms with E-state index < -0.39 is 8.07 Å². The number of hydrogen-bond acceptors (Lipinski definition) is 0. The minimum Gasteiger partial charge on any atom is -0.127 e. The van der Waals surface area contributed by atoms with Crippen LogP contribution in [0.3, 0.4) is 0 Å². The first-order chi connectivity index (χ1) is 4.48. The van der Waals surface area contributed by atoms with Crippen LogP contribution in [-0.2, 0) is 0 Å². The smallest absolute Gasteiger partial charge is 0.0473 e. The normalized spacial score (nSPS) is 15.3. The van der Waals surface area contributed by atoms with Gasteiger partial charge in [0.15, 0.2) is 0 Å². The number of halogens is 1. The van der Waals surface area contributed by atoms with Crippen LogP contribution in [0.25, 0.3) is 0 Å². The molecule has 1 radical (unpaired) electrons. The summed E-state index contributed by atoms with van der Waals surface area (Å²) in [6, 6.07) is 0. The molecule has 0 heterocycles. The van der Waals surface area contributed by atoms with E-state index in [2.05, 4.69) is 26.6 Å². The van der Waals surface area contributed by atoms with Crippen molar-refractivity contribution in [3.63, 3.8) is 0 Å². The van der Waals surface area contributed by atoms with Crippen LogP contribution in [0.1, 0.15) is 12.8 Å². The minimum absolute atomic E-state index is 0.672. The van der Waals surface area contributed by atoms with E-state index in [0.717, 1.165) is 12.3 Å². The van der Waals surface area contributed by atoms with Gasteiger partial charge in [0, 0.05) is 14.0 Å². The largest absolute Gasteiger partial charge is 0.127 e. The molecule has 1 unspecified atom stereocenters. The van der Waals surface area contributed by atoms with E-state index in [-0.39, 0.29) is 0 Å². The van der Waals surface area contributed by atoms with Gasteiger partial charge in [-0.05, 0) is 12.0 Å². The zero-order chi connectivity index (χ0) is 8.20. The second-order valence-corrected chi connectivity index (χ2v) is 9.82. The Hall–Kier alpha value is 0.507. The van der Waals surface area contributed by atoms with E-state index in [0.29, 0.717) is 5.54 Å². The number of rotatable bonds is 4. The van der Waals surface area contributed by atoms with Crippen LogP contribution < -0.4 is 0 Å². The van der Waals surface area contributed by atoms with Crippen molar-refractivity contribution in [2.24, 2.45) is 0 Å². The topological polar surface area (TPSA) is 0 Å². The Kier molecular flexibility index (Phi) is 4.62. The van der Waals surface area contributed by atoms with Crippen molar-refractivity contribution in [3.8, 4) is 0 Å². The molecule has 0 aromatic heterocycles. The van der Waals surface area contributed by atoms with Crippen molar-refractivity contribution in [1.29, 1.82) is 0 Å². The van der Waals surface area contributed by atoms with Crippen molar-refractivity contribution in [2.75, 3.05) is 5.88 Å². The lowest BCUT2D eigenvalue weighted by Crippen LogP contribution is -2.26. The standard InChI is InChI=1S/C8H18ClSi/c1-8(6-5-7-9)10(2,3)4/h8H,1,5-7H2,2-4H3. The van der Waals surface area contributed by atoms with Gasteiger partial charge in [0.25, 0.3) is 0 Å². The maximum atomic E-state index is 5.58. The Bertz CT molecular complexity index is 85.7. The summed E-state index contributed by atoms with van der Waals surface area (Å²) < 4.78 is 0. The molecule has 10 heavy (non-hydrogen) atoms. The summed E-state index contributed by atoms with van der Waals surface area (Å²) in [5.41, 5.74) is 0.672. The van der Waals surface area contributed by atoms with Gasteiger partial charge in [-0.3, -0.25) is 0 Å². The third-order valence-corrected chi connectivity index (χ3v) is 4.92. The summed E-state index contributed by atoms with van der Waals surface area (Å²) in [6.07, 6.45) is 2.33.